The number of aliphatic hydroxyl groups excluding tert-OH is 1. The minimum atomic E-state index is -3.56. The van der Waals surface area contributed by atoms with E-state index in [-0.39, 0.29) is 13.2 Å². The molecular weight excluding hydrogens is 312 g/mol. The van der Waals surface area contributed by atoms with Crippen molar-refractivity contribution in [3.63, 3.8) is 0 Å². The quantitative estimate of drug-likeness (QED) is 0.759. The Morgan fingerprint density at radius 2 is 2.04 bits per heavy atom. The maximum atomic E-state index is 12.6. The summed E-state index contributed by atoms with van der Waals surface area (Å²) in [6.45, 7) is 2.71. The fourth-order valence-corrected chi connectivity index (χ4v) is 4.60. The molecule has 0 saturated heterocycles. The number of nitrogens with zero attached hydrogens (tertiary/aromatic N) is 1. The van der Waals surface area contributed by atoms with Gasteiger partial charge in [0.05, 0.1) is 11.5 Å². The number of benzene rings is 1. The van der Waals surface area contributed by atoms with Crippen LogP contribution in [-0.2, 0) is 16.6 Å². The summed E-state index contributed by atoms with van der Waals surface area (Å²) in [4.78, 5) is 0.327. The largest absolute Gasteiger partial charge is 0.395 e. The number of likely N-dealkylation sites (N-methyl/N-ethyl adjacent to an activating group) is 1. The van der Waals surface area contributed by atoms with Crippen LogP contribution in [0.25, 0.3) is 0 Å². The predicted octanol–water partition coefficient (Wildman–Crippen LogP) is 1.97. The van der Waals surface area contributed by atoms with Crippen LogP contribution >= 0.6 is 0 Å². The van der Waals surface area contributed by atoms with Gasteiger partial charge in [-0.1, -0.05) is 31.5 Å². The van der Waals surface area contributed by atoms with Crippen molar-refractivity contribution >= 4 is 10.0 Å². The van der Waals surface area contributed by atoms with E-state index >= 15 is 0 Å². The van der Waals surface area contributed by atoms with E-state index in [0.717, 1.165) is 17.9 Å². The second kappa shape index (κ2) is 8.24. The second-order valence-corrected chi connectivity index (χ2v) is 8.34. The van der Waals surface area contributed by atoms with Crippen molar-refractivity contribution in [3.05, 3.63) is 29.8 Å². The van der Waals surface area contributed by atoms with Gasteiger partial charge in [0.2, 0.25) is 10.0 Å². The molecule has 23 heavy (non-hydrogen) atoms. The number of aliphatic hydroxyl groups is 1. The Labute approximate surface area is 139 Å². The first-order valence-electron chi connectivity index (χ1n) is 8.37. The second-order valence-electron chi connectivity index (χ2n) is 6.32. The van der Waals surface area contributed by atoms with Crippen molar-refractivity contribution in [2.75, 3.05) is 20.2 Å². The SMILES string of the molecule is CCC1CCC(NCc2ccccc2S(=O)(=O)N(C)CCO)C1. The van der Waals surface area contributed by atoms with E-state index in [1.165, 1.54) is 30.6 Å². The minimum absolute atomic E-state index is 0.102. The Bertz CT molecular complexity index is 604. The lowest BCUT2D eigenvalue weighted by Gasteiger charge is -2.19. The van der Waals surface area contributed by atoms with E-state index in [2.05, 4.69) is 12.2 Å². The molecule has 1 aromatic carbocycles. The minimum Gasteiger partial charge on any atom is -0.395 e. The van der Waals surface area contributed by atoms with Gasteiger partial charge in [0.1, 0.15) is 0 Å². The van der Waals surface area contributed by atoms with Crippen LogP contribution in [0, 0.1) is 5.92 Å². The summed E-state index contributed by atoms with van der Waals surface area (Å²) in [7, 11) is -2.06. The van der Waals surface area contributed by atoms with Gasteiger partial charge in [-0.3, -0.25) is 0 Å². The Balaban J connectivity index is 2.09. The summed E-state index contributed by atoms with van der Waals surface area (Å²) < 4.78 is 26.5. The number of hydrogen-bond donors (Lipinski definition) is 2. The molecule has 1 aliphatic carbocycles. The third-order valence-corrected chi connectivity index (χ3v) is 6.73. The van der Waals surface area contributed by atoms with Gasteiger partial charge in [0.15, 0.2) is 0 Å². The molecule has 0 aliphatic heterocycles. The Morgan fingerprint density at radius 1 is 1.30 bits per heavy atom. The van der Waals surface area contributed by atoms with E-state index < -0.39 is 10.0 Å². The van der Waals surface area contributed by atoms with E-state index in [4.69, 9.17) is 5.11 Å². The first-order valence-corrected chi connectivity index (χ1v) is 9.81. The van der Waals surface area contributed by atoms with Crippen LogP contribution < -0.4 is 5.32 Å². The summed E-state index contributed by atoms with van der Waals surface area (Å²) >= 11 is 0. The predicted molar refractivity (Wildman–Crippen MR) is 91.6 cm³/mol. The zero-order valence-electron chi connectivity index (χ0n) is 14.0. The van der Waals surface area contributed by atoms with Gasteiger partial charge >= 0.3 is 0 Å². The van der Waals surface area contributed by atoms with Gasteiger partial charge in [0.25, 0.3) is 0 Å². The molecular formula is C17H28N2O3S. The fourth-order valence-electron chi connectivity index (χ4n) is 3.22. The molecule has 2 unspecified atom stereocenters. The highest BCUT2D eigenvalue weighted by atomic mass is 32.2. The molecule has 5 nitrogen and oxygen atoms in total. The highest BCUT2D eigenvalue weighted by molar-refractivity contribution is 7.89. The van der Waals surface area contributed by atoms with Crippen molar-refractivity contribution in [1.29, 1.82) is 0 Å². The molecule has 2 atom stereocenters. The summed E-state index contributed by atoms with van der Waals surface area (Å²) in [5.74, 6) is 0.794. The van der Waals surface area contributed by atoms with Gasteiger partial charge in [0, 0.05) is 26.2 Å². The molecule has 2 rings (SSSR count). The van der Waals surface area contributed by atoms with E-state index in [1.54, 1.807) is 12.1 Å². The van der Waals surface area contributed by atoms with Crippen molar-refractivity contribution < 1.29 is 13.5 Å². The number of rotatable bonds is 8. The number of hydrogen-bond acceptors (Lipinski definition) is 4. The lowest BCUT2D eigenvalue weighted by atomic mass is 10.1. The number of sulfonamides is 1. The van der Waals surface area contributed by atoms with Crippen molar-refractivity contribution in [1.82, 2.24) is 9.62 Å². The van der Waals surface area contributed by atoms with Crippen LogP contribution in [0.15, 0.2) is 29.2 Å². The standard InChI is InChI=1S/C17H28N2O3S/c1-3-14-8-9-16(12-14)18-13-15-6-4-5-7-17(15)23(21,22)19(2)10-11-20/h4-7,14,16,18,20H,3,8-13H2,1-2H3. The molecule has 130 valence electrons. The first-order chi connectivity index (χ1) is 11.0. The molecule has 0 radical (unpaired) electrons. The highest BCUT2D eigenvalue weighted by Crippen LogP contribution is 2.28. The van der Waals surface area contributed by atoms with Gasteiger partial charge < -0.3 is 10.4 Å². The van der Waals surface area contributed by atoms with E-state index in [0.29, 0.717) is 17.5 Å². The molecule has 0 aromatic heterocycles. The van der Waals surface area contributed by atoms with Crippen molar-refractivity contribution in [2.45, 2.75) is 50.1 Å². The molecule has 1 saturated carbocycles. The summed E-state index contributed by atoms with van der Waals surface area (Å²) in [5.41, 5.74) is 0.789. The third-order valence-electron chi connectivity index (χ3n) is 4.78. The molecule has 0 heterocycles. The van der Waals surface area contributed by atoms with Crippen LogP contribution in [0.3, 0.4) is 0 Å². The third kappa shape index (κ3) is 4.53. The monoisotopic (exact) mass is 340 g/mol. The molecule has 0 spiro atoms. The van der Waals surface area contributed by atoms with E-state index in [1.807, 2.05) is 12.1 Å². The Kier molecular flexibility index (Phi) is 6.59. The first kappa shape index (κ1) is 18.4. The molecule has 1 aliphatic rings. The summed E-state index contributed by atoms with van der Waals surface area (Å²) in [6.07, 6.45) is 4.82. The van der Waals surface area contributed by atoms with Crippen LogP contribution in [-0.4, -0.2) is 44.1 Å². The topological polar surface area (TPSA) is 69.6 Å². The lowest BCUT2D eigenvalue weighted by Crippen LogP contribution is -2.32. The molecule has 0 bridgehead atoms. The molecule has 1 aromatic rings. The highest BCUT2D eigenvalue weighted by Gasteiger charge is 2.25. The fraction of sp³-hybridized carbons (Fsp3) is 0.647. The van der Waals surface area contributed by atoms with Gasteiger partial charge in [-0.2, -0.15) is 4.31 Å². The average Bonchev–Trinajstić information content (AvgIpc) is 3.01. The van der Waals surface area contributed by atoms with Crippen molar-refractivity contribution in [2.24, 2.45) is 5.92 Å². The van der Waals surface area contributed by atoms with E-state index in [9.17, 15) is 8.42 Å². The summed E-state index contributed by atoms with van der Waals surface area (Å²) in [5, 5.41) is 12.5. The number of nitrogens with one attached hydrogen (secondary N) is 1. The zero-order valence-corrected chi connectivity index (χ0v) is 14.8. The normalized spacial score (nSPS) is 21.9. The lowest BCUT2D eigenvalue weighted by molar-refractivity contribution is 0.266. The zero-order chi connectivity index (χ0) is 16.9. The maximum Gasteiger partial charge on any atom is 0.243 e. The van der Waals surface area contributed by atoms with Crippen LogP contribution in [0.1, 0.15) is 38.2 Å². The molecule has 2 N–H and O–H groups in total. The van der Waals surface area contributed by atoms with Crippen LogP contribution in [0.5, 0.6) is 0 Å². The maximum absolute atomic E-state index is 12.6. The Hall–Kier alpha value is -0.950. The Morgan fingerprint density at radius 3 is 2.70 bits per heavy atom. The van der Waals surface area contributed by atoms with Crippen LogP contribution in [0.4, 0.5) is 0 Å². The van der Waals surface area contributed by atoms with Gasteiger partial charge in [-0.15, -0.1) is 0 Å². The van der Waals surface area contributed by atoms with Crippen LogP contribution in [0.2, 0.25) is 0 Å². The van der Waals surface area contributed by atoms with Gasteiger partial charge in [-0.05, 0) is 36.8 Å². The average molecular weight is 340 g/mol. The summed E-state index contributed by atoms with van der Waals surface area (Å²) in [6, 6.07) is 7.59. The molecule has 0 amide bonds. The smallest absolute Gasteiger partial charge is 0.243 e. The molecule has 1 fully saturated rings. The van der Waals surface area contributed by atoms with Gasteiger partial charge in [-0.25, -0.2) is 8.42 Å². The van der Waals surface area contributed by atoms with Crippen molar-refractivity contribution in [3.8, 4) is 0 Å². The molecule has 6 heteroatoms.